The first-order chi connectivity index (χ1) is 10.6. The highest BCUT2D eigenvalue weighted by molar-refractivity contribution is 5.67. The first kappa shape index (κ1) is 29.4. The summed E-state index contributed by atoms with van der Waals surface area (Å²) in [6.45, 7) is 6.91. The van der Waals surface area contributed by atoms with Crippen LogP contribution in [0.5, 0.6) is 0 Å². The molecule has 5 N–H and O–H groups in total. The monoisotopic (exact) mass is 340 g/mol. The maximum atomic E-state index is 9.60. The van der Waals surface area contributed by atoms with Crippen molar-refractivity contribution in [2.75, 3.05) is 6.61 Å². The van der Waals surface area contributed by atoms with E-state index in [1.807, 2.05) is 20.8 Å². The van der Waals surface area contributed by atoms with Gasteiger partial charge in [0.15, 0.2) is 0 Å². The lowest BCUT2D eigenvalue weighted by Crippen LogP contribution is -2.03. The lowest BCUT2D eigenvalue weighted by Gasteiger charge is -1.90. The molecule has 0 aliphatic rings. The molecular weight excluding hydrogens is 308 g/mol. The van der Waals surface area contributed by atoms with Gasteiger partial charge in [-0.2, -0.15) is 0 Å². The molecule has 0 aromatic carbocycles. The van der Waals surface area contributed by atoms with Gasteiger partial charge in [0.25, 0.3) is 0 Å². The first-order valence-corrected chi connectivity index (χ1v) is 7.53. The van der Waals surface area contributed by atoms with Gasteiger partial charge in [0.2, 0.25) is 0 Å². The summed E-state index contributed by atoms with van der Waals surface area (Å²) in [4.78, 5) is 28.8. The zero-order valence-corrected chi connectivity index (χ0v) is 14.5. The predicted molar refractivity (Wildman–Crippen MR) is 86.4 cm³/mol. The molecule has 0 spiro atoms. The van der Waals surface area contributed by atoms with Crippen molar-refractivity contribution in [3.8, 4) is 0 Å². The number of rotatable bonds is 7. The average Bonchev–Trinajstić information content (AvgIpc) is 2.40. The minimum Gasteiger partial charge on any atom is -0.481 e. The molecule has 0 radical (unpaired) electrons. The smallest absolute Gasteiger partial charge is 0.303 e. The van der Waals surface area contributed by atoms with E-state index < -0.39 is 24.0 Å². The summed E-state index contributed by atoms with van der Waals surface area (Å²) >= 11 is 0. The van der Waals surface area contributed by atoms with Crippen molar-refractivity contribution >= 4 is 17.9 Å². The Morgan fingerprint density at radius 1 is 0.739 bits per heavy atom. The Labute approximate surface area is 137 Å². The van der Waals surface area contributed by atoms with E-state index in [1.54, 1.807) is 0 Å². The fourth-order valence-corrected chi connectivity index (χ4v) is 0.642. The van der Waals surface area contributed by atoms with Crippen LogP contribution in [0.2, 0.25) is 0 Å². The SMILES string of the molecule is CC(O)CO.CCCC(=O)O.CCCC(=O)O.CCCC(=O)O. The fourth-order valence-electron chi connectivity index (χ4n) is 0.642. The van der Waals surface area contributed by atoms with Crippen LogP contribution in [0.15, 0.2) is 0 Å². The Morgan fingerprint density at radius 3 is 0.913 bits per heavy atom. The van der Waals surface area contributed by atoms with E-state index in [2.05, 4.69) is 0 Å². The Bertz CT molecular complexity index is 239. The predicted octanol–water partition coefficient (Wildman–Crippen LogP) is 1.97. The third-order valence-electron chi connectivity index (χ3n) is 1.66. The van der Waals surface area contributed by atoms with Gasteiger partial charge in [0.1, 0.15) is 0 Å². The number of aliphatic hydroxyl groups is 2. The van der Waals surface area contributed by atoms with Crippen LogP contribution >= 0.6 is 0 Å². The molecule has 0 rings (SSSR count). The van der Waals surface area contributed by atoms with E-state index >= 15 is 0 Å². The third-order valence-corrected chi connectivity index (χ3v) is 1.66. The number of hydrogen-bond acceptors (Lipinski definition) is 5. The summed E-state index contributed by atoms with van der Waals surface area (Å²) in [5, 5.41) is 39.7. The minimum absolute atomic E-state index is 0.139. The van der Waals surface area contributed by atoms with Crippen LogP contribution in [0.1, 0.15) is 66.2 Å². The van der Waals surface area contributed by atoms with Gasteiger partial charge >= 0.3 is 17.9 Å². The van der Waals surface area contributed by atoms with E-state index in [4.69, 9.17) is 25.5 Å². The molecule has 0 aromatic rings. The average molecular weight is 340 g/mol. The van der Waals surface area contributed by atoms with Gasteiger partial charge in [-0.05, 0) is 26.2 Å². The molecule has 1 unspecified atom stereocenters. The highest BCUT2D eigenvalue weighted by Crippen LogP contribution is 1.83. The van der Waals surface area contributed by atoms with E-state index in [1.165, 1.54) is 6.92 Å². The van der Waals surface area contributed by atoms with Crippen LogP contribution in [0.25, 0.3) is 0 Å². The molecule has 0 aliphatic heterocycles. The lowest BCUT2D eigenvalue weighted by molar-refractivity contribution is -0.138. The van der Waals surface area contributed by atoms with Crippen LogP contribution in [-0.4, -0.2) is 56.2 Å². The minimum atomic E-state index is -0.711. The zero-order valence-electron chi connectivity index (χ0n) is 14.5. The second kappa shape index (κ2) is 25.3. The maximum absolute atomic E-state index is 9.60. The molecule has 0 aliphatic carbocycles. The number of carboxylic acids is 3. The Morgan fingerprint density at radius 2 is 0.913 bits per heavy atom. The van der Waals surface area contributed by atoms with E-state index in [-0.39, 0.29) is 6.61 Å². The van der Waals surface area contributed by atoms with Crippen molar-refractivity contribution in [3.63, 3.8) is 0 Å². The van der Waals surface area contributed by atoms with Gasteiger partial charge in [0.05, 0.1) is 12.7 Å². The summed E-state index contributed by atoms with van der Waals surface area (Å²) in [5.74, 6) is -2.13. The van der Waals surface area contributed by atoms with E-state index in [0.29, 0.717) is 19.3 Å². The van der Waals surface area contributed by atoms with Crippen LogP contribution < -0.4 is 0 Å². The van der Waals surface area contributed by atoms with Gasteiger partial charge in [-0.25, -0.2) is 0 Å². The van der Waals surface area contributed by atoms with Crippen molar-refractivity contribution in [2.45, 2.75) is 72.3 Å². The molecule has 23 heavy (non-hydrogen) atoms. The lowest BCUT2D eigenvalue weighted by atomic mass is 10.4. The van der Waals surface area contributed by atoms with Crippen molar-refractivity contribution < 1.29 is 39.9 Å². The summed E-state index contributed by atoms with van der Waals surface area (Å²) in [7, 11) is 0. The molecule has 0 amide bonds. The van der Waals surface area contributed by atoms with E-state index in [9.17, 15) is 14.4 Å². The van der Waals surface area contributed by atoms with E-state index in [0.717, 1.165) is 19.3 Å². The molecule has 8 nitrogen and oxygen atoms in total. The van der Waals surface area contributed by atoms with Crippen molar-refractivity contribution in [2.24, 2.45) is 0 Å². The molecule has 0 saturated carbocycles. The zero-order chi connectivity index (χ0) is 19.3. The summed E-state index contributed by atoms with van der Waals surface area (Å²) in [6.07, 6.45) is 2.51. The molecule has 0 saturated heterocycles. The summed E-state index contributed by atoms with van der Waals surface area (Å²) in [6, 6.07) is 0. The van der Waals surface area contributed by atoms with Crippen LogP contribution in [0.3, 0.4) is 0 Å². The van der Waals surface area contributed by atoms with Crippen LogP contribution in [0, 0.1) is 0 Å². The Balaban J connectivity index is -0.000000105. The molecule has 0 heterocycles. The molecule has 8 heteroatoms. The van der Waals surface area contributed by atoms with Crippen molar-refractivity contribution in [1.82, 2.24) is 0 Å². The molecule has 0 bridgehead atoms. The second-order valence-electron chi connectivity index (χ2n) is 4.46. The molecular formula is C15H32O8. The first-order valence-electron chi connectivity index (χ1n) is 7.53. The Kier molecular flexibility index (Phi) is 32.3. The number of hydrogen-bond donors (Lipinski definition) is 5. The molecule has 0 aromatic heterocycles. The number of aliphatic hydroxyl groups excluding tert-OH is 2. The van der Waals surface area contributed by atoms with Gasteiger partial charge in [-0.1, -0.05) is 20.8 Å². The highest BCUT2D eigenvalue weighted by atomic mass is 16.4. The van der Waals surface area contributed by atoms with Crippen LogP contribution in [0.4, 0.5) is 0 Å². The summed E-state index contributed by atoms with van der Waals surface area (Å²) in [5.41, 5.74) is 0. The van der Waals surface area contributed by atoms with Crippen molar-refractivity contribution in [3.05, 3.63) is 0 Å². The van der Waals surface area contributed by atoms with Gasteiger partial charge in [-0.15, -0.1) is 0 Å². The standard InChI is InChI=1S/3C4H8O2.C3H8O2/c3*1-2-3-4(5)6;1-3(5)2-4/h3*2-3H2,1H3,(H,5,6);3-5H,2H2,1H3. The maximum Gasteiger partial charge on any atom is 0.303 e. The van der Waals surface area contributed by atoms with Crippen LogP contribution in [-0.2, 0) is 14.4 Å². The summed E-state index contributed by atoms with van der Waals surface area (Å²) < 4.78 is 0. The van der Waals surface area contributed by atoms with Gasteiger partial charge in [0, 0.05) is 19.3 Å². The van der Waals surface area contributed by atoms with Gasteiger partial charge in [-0.3, -0.25) is 14.4 Å². The largest absolute Gasteiger partial charge is 0.481 e. The fraction of sp³-hybridized carbons (Fsp3) is 0.800. The highest BCUT2D eigenvalue weighted by Gasteiger charge is 1.88. The second-order valence-corrected chi connectivity index (χ2v) is 4.46. The normalized spacial score (nSPS) is 9.65. The molecule has 140 valence electrons. The molecule has 0 fully saturated rings. The topological polar surface area (TPSA) is 152 Å². The Hall–Kier alpha value is -1.67. The van der Waals surface area contributed by atoms with Crippen molar-refractivity contribution in [1.29, 1.82) is 0 Å². The third kappa shape index (κ3) is 78.5. The quantitative estimate of drug-likeness (QED) is 0.471. The number of aliphatic carboxylic acids is 3. The number of carboxylic acid groups (broad SMARTS) is 3. The number of carbonyl (C=O) groups is 3. The molecule has 1 atom stereocenters. The van der Waals surface area contributed by atoms with Gasteiger partial charge < -0.3 is 25.5 Å².